The fourth-order valence-electron chi connectivity index (χ4n) is 8.38. The molecule has 0 N–H and O–H groups in total. The van der Waals surface area contributed by atoms with Crippen molar-refractivity contribution in [2.45, 2.75) is 26.2 Å². The van der Waals surface area contributed by atoms with Gasteiger partial charge in [0.05, 0.1) is 0 Å². The summed E-state index contributed by atoms with van der Waals surface area (Å²) in [5.41, 5.74) is 1.92. The quantitative estimate of drug-likeness (QED) is 0.527. The lowest BCUT2D eigenvalue weighted by Gasteiger charge is -2.69. The second-order valence-corrected chi connectivity index (χ2v) is 7.18. The van der Waals surface area contributed by atoms with Crippen molar-refractivity contribution in [3.63, 3.8) is 0 Å². The van der Waals surface area contributed by atoms with Crippen molar-refractivity contribution in [3.8, 4) is 0 Å². The molecule has 0 aromatic carbocycles. The van der Waals surface area contributed by atoms with Crippen molar-refractivity contribution in [2.75, 3.05) is 0 Å². The summed E-state index contributed by atoms with van der Waals surface area (Å²) in [6.07, 6.45) is 4.94. The van der Waals surface area contributed by atoms with E-state index in [1.165, 1.54) is 41.4 Å². The first-order valence-electron chi connectivity index (χ1n) is 6.32. The Balaban J connectivity index is 1.79. The molecule has 0 aliphatic heterocycles. The first kappa shape index (κ1) is 5.78. The topological polar surface area (TPSA) is 0 Å². The molecule has 7 saturated carbocycles. The molecule has 7 aliphatic carbocycles. The Morgan fingerprint density at radius 3 is 2.92 bits per heavy atom. The molecular weight excluding hydrogens is 156 g/mol. The van der Waals surface area contributed by atoms with E-state index < -0.39 is 0 Å². The first-order chi connectivity index (χ1) is 6.32. The Hall–Kier alpha value is 0. The van der Waals surface area contributed by atoms with Gasteiger partial charge in [-0.15, -0.1) is 0 Å². The zero-order valence-corrected chi connectivity index (χ0v) is 8.16. The largest absolute Gasteiger partial charge is 0.0588 e. The zero-order chi connectivity index (χ0) is 8.16. The van der Waals surface area contributed by atoms with Crippen molar-refractivity contribution in [2.24, 2.45) is 52.3 Å². The summed E-state index contributed by atoms with van der Waals surface area (Å²) in [6.45, 7) is 2.67. The van der Waals surface area contributed by atoms with Gasteiger partial charge < -0.3 is 0 Å². The lowest BCUT2D eigenvalue weighted by molar-refractivity contribution is -0.222. The van der Waals surface area contributed by atoms with Crippen molar-refractivity contribution < 1.29 is 0 Å². The molecule has 0 amide bonds. The third-order valence-corrected chi connectivity index (χ3v) is 8.05. The van der Waals surface area contributed by atoms with E-state index in [2.05, 4.69) is 6.92 Å². The van der Waals surface area contributed by atoms with Crippen LogP contribution >= 0.6 is 0 Å². The van der Waals surface area contributed by atoms with Crippen molar-refractivity contribution in [1.82, 2.24) is 0 Å². The van der Waals surface area contributed by atoms with E-state index in [1.54, 1.807) is 19.3 Å². The molecule has 0 radical (unpaired) electrons. The molecular formula is C13H16. The maximum absolute atomic E-state index is 2.67. The predicted molar refractivity (Wildman–Crippen MR) is 48.8 cm³/mol. The maximum atomic E-state index is 2.67. The van der Waals surface area contributed by atoms with Gasteiger partial charge in [0, 0.05) is 0 Å². The molecule has 0 aromatic heterocycles. The van der Waals surface area contributed by atoms with E-state index in [0.29, 0.717) is 0 Å². The van der Waals surface area contributed by atoms with Gasteiger partial charge in [-0.3, -0.25) is 0 Å². The van der Waals surface area contributed by atoms with Gasteiger partial charge in [-0.2, -0.15) is 0 Å². The lowest BCUT2D eigenvalue weighted by Crippen LogP contribution is -2.65. The minimum Gasteiger partial charge on any atom is -0.0588 e. The van der Waals surface area contributed by atoms with Crippen LogP contribution in [0.3, 0.4) is 0 Å². The summed E-state index contributed by atoms with van der Waals surface area (Å²) in [4.78, 5) is 0. The Labute approximate surface area is 79.1 Å². The van der Waals surface area contributed by atoms with Gasteiger partial charge in [0.15, 0.2) is 0 Å². The molecule has 9 unspecified atom stereocenters. The standard InChI is InChI=1S/C13H16/c1-12-6-2-3-7(12)13-8(12)4-5-9(6)11(13)10(5)13/h5-11H,2-4H2,1H3. The summed E-state index contributed by atoms with van der Waals surface area (Å²) >= 11 is 0. The average molecular weight is 172 g/mol. The third-order valence-electron chi connectivity index (χ3n) is 8.05. The monoisotopic (exact) mass is 172 g/mol. The van der Waals surface area contributed by atoms with Gasteiger partial charge >= 0.3 is 0 Å². The average Bonchev–Trinajstić information content (AvgIpc) is 2.53. The van der Waals surface area contributed by atoms with Gasteiger partial charge in [0.1, 0.15) is 0 Å². The molecule has 7 fully saturated rings. The van der Waals surface area contributed by atoms with Crippen molar-refractivity contribution in [3.05, 3.63) is 0 Å². The van der Waals surface area contributed by atoms with Crippen LogP contribution in [0.2, 0.25) is 0 Å². The van der Waals surface area contributed by atoms with E-state index in [4.69, 9.17) is 0 Å². The first-order valence-corrected chi connectivity index (χ1v) is 6.32. The van der Waals surface area contributed by atoms with Crippen LogP contribution < -0.4 is 0 Å². The SMILES string of the molecule is CC12C3CCC1C14C5C(CC21)C3C54. The number of hydrogen-bond acceptors (Lipinski definition) is 0. The summed E-state index contributed by atoms with van der Waals surface area (Å²) in [6, 6.07) is 0. The molecule has 0 saturated heterocycles. The normalized spacial score (nSPS) is 93.5. The van der Waals surface area contributed by atoms with Crippen molar-refractivity contribution in [1.29, 1.82) is 0 Å². The van der Waals surface area contributed by atoms with E-state index in [0.717, 1.165) is 10.8 Å². The zero-order valence-electron chi connectivity index (χ0n) is 8.16. The third kappa shape index (κ3) is 0.252. The van der Waals surface area contributed by atoms with Gasteiger partial charge in [0.2, 0.25) is 0 Å². The summed E-state index contributed by atoms with van der Waals surface area (Å²) < 4.78 is 0. The molecule has 7 rings (SSSR count). The fraction of sp³-hybridized carbons (Fsp3) is 1.00. The summed E-state index contributed by atoms with van der Waals surface area (Å²) in [5, 5.41) is 0. The molecule has 0 heteroatoms. The highest BCUT2D eigenvalue weighted by Crippen LogP contribution is 3.04. The second kappa shape index (κ2) is 1.12. The molecule has 13 heavy (non-hydrogen) atoms. The van der Waals surface area contributed by atoms with Gasteiger partial charge in [-0.25, -0.2) is 0 Å². The number of hydrogen-bond donors (Lipinski definition) is 0. The molecule has 4 bridgehead atoms. The summed E-state index contributed by atoms with van der Waals surface area (Å²) in [7, 11) is 0. The maximum Gasteiger partial charge on any atom is -0.0162 e. The summed E-state index contributed by atoms with van der Waals surface area (Å²) in [5.74, 6) is 8.81. The van der Waals surface area contributed by atoms with Gasteiger partial charge in [-0.05, 0) is 71.5 Å². The Morgan fingerprint density at radius 2 is 2.00 bits per heavy atom. The van der Waals surface area contributed by atoms with Crippen LogP contribution in [0.5, 0.6) is 0 Å². The highest BCUT2D eigenvalue weighted by atomic mass is 15.0. The highest BCUT2D eigenvalue weighted by molar-refractivity contribution is 5.47. The highest BCUT2D eigenvalue weighted by Gasteiger charge is 3.00. The van der Waals surface area contributed by atoms with Crippen LogP contribution in [0.15, 0.2) is 0 Å². The Bertz CT molecular complexity index is 345. The predicted octanol–water partition coefficient (Wildman–Crippen LogP) is 2.54. The van der Waals surface area contributed by atoms with E-state index in [1.807, 2.05) is 0 Å². The number of rotatable bonds is 0. The minimum absolute atomic E-state index is 0.892. The second-order valence-electron chi connectivity index (χ2n) is 7.18. The van der Waals surface area contributed by atoms with Crippen LogP contribution in [0.4, 0.5) is 0 Å². The van der Waals surface area contributed by atoms with E-state index >= 15 is 0 Å². The Kier molecular flexibility index (Phi) is 0.498. The van der Waals surface area contributed by atoms with Crippen LogP contribution in [0.25, 0.3) is 0 Å². The van der Waals surface area contributed by atoms with Crippen LogP contribution in [-0.2, 0) is 0 Å². The van der Waals surface area contributed by atoms with Crippen LogP contribution in [0, 0.1) is 52.3 Å². The Morgan fingerprint density at radius 1 is 1.08 bits per heavy atom. The molecule has 0 aromatic rings. The smallest absolute Gasteiger partial charge is 0.0162 e. The van der Waals surface area contributed by atoms with E-state index in [9.17, 15) is 0 Å². The minimum atomic E-state index is 0.892. The van der Waals surface area contributed by atoms with Crippen molar-refractivity contribution >= 4 is 0 Å². The van der Waals surface area contributed by atoms with Gasteiger partial charge in [-0.1, -0.05) is 6.92 Å². The van der Waals surface area contributed by atoms with Crippen LogP contribution in [0.1, 0.15) is 26.2 Å². The molecule has 1 spiro atoms. The lowest BCUT2D eigenvalue weighted by atomic mass is 9.35. The molecule has 0 nitrogen and oxygen atoms in total. The fourth-order valence-corrected chi connectivity index (χ4v) is 8.38. The van der Waals surface area contributed by atoms with Crippen LogP contribution in [-0.4, -0.2) is 0 Å². The molecule has 9 atom stereocenters. The molecule has 0 heterocycles. The van der Waals surface area contributed by atoms with Gasteiger partial charge in [0.25, 0.3) is 0 Å². The molecule has 7 aliphatic rings. The molecule has 68 valence electrons. The van der Waals surface area contributed by atoms with E-state index in [-0.39, 0.29) is 0 Å².